The van der Waals surface area contributed by atoms with Gasteiger partial charge in [-0.05, 0) is 35.4 Å². The molecule has 5 heteroatoms. The second kappa shape index (κ2) is 5.70. The Morgan fingerprint density at radius 2 is 1.79 bits per heavy atom. The van der Waals surface area contributed by atoms with E-state index in [4.69, 9.17) is 0 Å². The van der Waals surface area contributed by atoms with E-state index in [1.807, 2.05) is 30.3 Å². The highest BCUT2D eigenvalue weighted by atomic mass is 16.3. The number of phenols is 1. The van der Waals surface area contributed by atoms with Crippen LogP contribution in [-0.2, 0) is 6.42 Å². The van der Waals surface area contributed by atoms with E-state index in [-0.39, 0.29) is 11.3 Å². The van der Waals surface area contributed by atoms with Crippen LogP contribution in [0, 0.1) is 0 Å². The highest BCUT2D eigenvalue weighted by Gasteiger charge is 2.15. The minimum absolute atomic E-state index is 0.108. The molecule has 0 fully saturated rings. The topological polar surface area (TPSA) is 70.9 Å². The average Bonchev–Trinajstić information content (AvgIpc) is 2.92. The second-order valence-corrected chi connectivity index (χ2v) is 5.63. The van der Waals surface area contributed by atoms with Crippen molar-refractivity contribution in [2.24, 2.45) is 0 Å². The Morgan fingerprint density at radius 1 is 1.04 bits per heavy atom. The molecule has 0 atom stereocenters. The fraction of sp³-hybridized carbons (Fsp3) is 0.0526. The van der Waals surface area contributed by atoms with Crippen molar-refractivity contribution in [2.45, 2.75) is 6.42 Å². The quantitative estimate of drug-likeness (QED) is 0.610. The number of nitrogens with zero attached hydrogens (tertiary/aromatic N) is 2. The molecule has 0 amide bonds. The number of aromatic amines is 1. The van der Waals surface area contributed by atoms with E-state index in [2.05, 4.69) is 9.97 Å². The summed E-state index contributed by atoms with van der Waals surface area (Å²) in [5.74, 6) is 0.797. The van der Waals surface area contributed by atoms with E-state index in [0.29, 0.717) is 17.9 Å². The molecule has 2 N–H and O–H groups in total. The number of aromatic nitrogens is 3. The van der Waals surface area contributed by atoms with Gasteiger partial charge in [-0.1, -0.05) is 30.3 Å². The Labute approximate surface area is 138 Å². The number of aromatic hydroxyl groups is 1. The molecule has 2 aromatic rings. The molecule has 4 rings (SSSR count). The normalized spacial score (nSPS) is 11.0. The van der Waals surface area contributed by atoms with Crippen molar-refractivity contribution < 1.29 is 5.11 Å². The summed E-state index contributed by atoms with van der Waals surface area (Å²) in [5.41, 5.74) is 3.14. The van der Waals surface area contributed by atoms with Gasteiger partial charge in [0.2, 0.25) is 0 Å². The Balaban J connectivity index is 1.75. The Morgan fingerprint density at radius 3 is 2.54 bits per heavy atom. The summed E-state index contributed by atoms with van der Waals surface area (Å²) in [4.78, 5) is 20.2. The first kappa shape index (κ1) is 14.3. The number of rotatable bonds is 3. The minimum Gasteiger partial charge on any atom is -0.508 e. The first-order valence-electron chi connectivity index (χ1n) is 7.64. The highest BCUT2D eigenvalue weighted by Crippen LogP contribution is 2.21. The molecule has 0 aliphatic carbocycles. The number of hydrogen-bond acceptors (Lipinski definition) is 3. The largest absolute Gasteiger partial charge is 0.508 e. The summed E-state index contributed by atoms with van der Waals surface area (Å²) >= 11 is 0. The molecule has 0 saturated carbocycles. The molecule has 118 valence electrons. The molecular formula is C19H15N3O2. The third-order valence-corrected chi connectivity index (χ3v) is 3.97. The van der Waals surface area contributed by atoms with Gasteiger partial charge in [-0.3, -0.25) is 9.36 Å². The summed E-state index contributed by atoms with van der Waals surface area (Å²) in [5, 5.41) is 9.39. The molecule has 2 aromatic carbocycles. The first-order valence-corrected chi connectivity index (χ1v) is 7.64. The van der Waals surface area contributed by atoms with Crippen LogP contribution < -0.4 is 5.56 Å². The van der Waals surface area contributed by atoms with Crippen molar-refractivity contribution in [1.82, 2.24) is 14.5 Å². The van der Waals surface area contributed by atoms with Gasteiger partial charge >= 0.3 is 0 Å². The number of nitrogens with one attached hydrogen (secondary N) is 1. The number of H-pyrrole nitrogens is 1. The number of benzene rings is 2. The number of hydrogen-bond donors (Lipinski definition) is 2. The van der Waals surface area contributed by atoms with Gasteiger partial charge in [-0.25, -0.2) is 4.98 Å². The predicted molar refractivity (Wildman–Crippen MR) is 91.7 cm³/mol. The standard InChI is InChI=1S/C19H15N3O2/c23-15-8-6-14(7-9-15)17-12-22-18(11-20-17)21-16(19(22)24)10-13-4-2-1-3-5-13/h1-9,11-12,20,23H,10H2. The van der Waals surface area contributed by atoms with E-state index in [1.165, 1.54) is 0 Å². The average molecular weight is 317 g/mol. The summed E-state index contributed by atoms with van der Waals surface area (Å²) in [6.07, 6.45) is 3.97. The molecule has 0 saturated heterocycles. The third-order valence-electron chi connectivity index (χ3n) is 3.97. The summed E-state index contributed by atoms with van der Waals surface area (Å²) in [6.45, 7) is 0. The van der Waals surface area contributed by atoms with Crippen LogP contribution in [0.2, 0.25) is 0 Å². The lowest BCUT2D eigenvalue weighted by Gasteiger charge is -2.06. The van der Waals surface area contributed by atoms with Crippen LogP contribution in [0.15, 0.2) is 71.8 Å². The van der Waals surface area contributed by atoms with Crippen LogP contribution in [-0.4, -0.2) is 19.6 Å². The van der Waals surface area contributed by atoms with E-state index < -0.39 is 0 Å². The van der Waals surface area contributed by atoms with Crippen molar-refractivity contribution in [1.29, 1.82) is 0 Å². The Hall–Kier alpha value is -3.34. The molecule has 0 unspecified atom stereocenters. The highest BCUT2D eigenvalue weighted by molar-refractivity contribution is 5.60. The monoisotopic (exact) mass is 317 g/mol. The van der Waals surface area contributed by atoms with E-state index in [9.17, 15) is 9.90 Å². The van der Waals surface area contributed by atoms with Gasteiger partial charge in [-0.2, -0.15) is 0 Å². The van der Waals surface area contributed by atoms with Crippen LogP contribution in [0.1, 0.15) is 11.3 Å². The van der Waals surface area contributed by atoms with Crippen molar-refractivity contribution in [3.8, 4) is 22.8 Å². The maximum Gasteiger partial charge on any atom is 0.278 e. The molecule has 2 aliphatic rings. The molecule has 2 aliphatic heterocycles. The van der Waals surface area contributed by atoms with Crippen molar-refractivity contribution in [2.75, 3.05) is 0 Å². The maximum atomic E-state index is 12.6. The number of phenolic OH excluding ortho intramolecular Hbond substituents is 1. The summed E-state index contributed by atoms with van der Waals surface area (Å²) < 4.78 is 1.55. The van der Waals surface area contributed by atoms with Gasteiger partial charge in [-0.15, -0.1) is 0 Å². The molecule has 24 heavy (non-hydrogen) atoms. The second-order valence-electron chi connectivity index (χ2n) is 5.63. The predicted octanol–water partition coefficient (Wildman–Crippen LogP) is 2.96. The van der Waals surface area contributed by atoms with Gasteiger partial charge < -0.3 is 10.1 Å². The zero-order valence-electron chi connectivity index (χ0n) is 12.8. The lowest BCUT2D eigenvalue weighted by Crippen LogP contribution is -2.15. The van der Waals surface area contributed by atoms with Crippen molar-refractivity contribution >= 4 is 0 Å². The smallest absolute Gasteiger partial charge is 0.278 e. The minimum atomic E-state index is -0.108. The molecule has 0 bridgehead atoms. The van der Waals surface area contributed by atoms with Crippen LogP contribution in [0.25, 0.3) is 17.1 Å². The maximum absolute atomic E-state index is 12.6. The van der Waals surface area contributed by atoms with Gasteiger partial charge in [0.1, 0.15) is 11.4 Å². The van der Waals surface area contributed by atoms with Crippen molar-refractivity contribution in [3.63, 3.8) is 0 Å². The molecule has 2 heterocycles. The Kier molecular flexibility index (Phi) is 3.39. The number of fused-ring (bicyclic) bond motifs is 1. The van der Waals surface area contributed by atoms with Crippen LogP contribution in [0.4, 0.5) is 0 Å². The molecule has 0 radical (unpaired) electrons. The third kappa shape index (κ3) is 2.56. The van der Waals surface area contributed by atoms with E-state index in [0.717, 1.165) is 16.8 Å². The van der Waals surface area contributed by atoms with Gasteiger partial charge in [0.05, 0.1) is 5.69 Å². The number of imidazole rings is 1. The molecular weight excluding hydrogens is 302 g/mol. The lowest BCUT2D eigenvalue weighted by molar-refractivity contribution is 0.475. The Bertz CT molecular complexity index is 1000. The SMILES string of the molecule is O=c1c(Cc2ccccc2)nc2c[nH]c(-c3ccc(O)cc3)cn1-2. The molecule has 0 spiro atoms. The van der Waals surface area contributed by atoms with Crippen molar-refractivity contribution in [3.05, 3.63) is 88.6 Å². The zero-order chi connectivity index (χ0) is 16.5. The summed E-state index contributed by atoms with van der Waals surface area (Å²) in [6, 6.07) is 16.6. The van der Waals surface area contributed by atoms with E-state index in [1.54, 1.807) is 41.2 Å². The van der Waals surface area contributed by atoms with Crippen LogP contribution in [0.3, 0.4) is 0 Å². The van der Waals surface area contributed by atoms with Gasteiger partial charge in [0, 0.05) is 18.8 Å². The van der Waals surface area contributed by atoms with Gasteiger partial charge in [0.15, 0.2) is 5.82 Å². The zero-order valence-corrected chi connectivity index (χ0v) is 12.8. The lowest BCUT2D eigenvalue weighted by atomic mass is 10.1. The first-order chi connectivity index (χ1) is 11.7. The van der Waals surface area contributed by atoms with Crippen LogP contribution in [0.5, 0.6) is 5.75 Å². The van der Waals surface area contributed by atoms with Crippen LogP contribution >= 0.6 is 0 Å². The summed E-state index contributed by atoms with van der Waals surface area (Å²) in [7, 11) is 0. The van der Waals surface area contributed by atoms with Gasteiger partial charge in [0.25, 0.3) is 5.56 Å². The molecule has 0 aromatic heterocycles. The fourth-order valence-electron chi connectivity index (χ4n) is 2.72. The fourth-order valence-corrected chi connectivity index (χ4v) is 2.72. The molecule has 5 nitrogen and oxygen atoms in total. The van der Waals surface area contributed by atoms with E-state index >= 15 is 0 Å².